The predicted octanol–water partition coefficient (Wildman–Crippen LogP) is 0.105. The van der Waals surface area contributed by atoms with Crippen LogP contribution in [0.5, 0.6) is 0 Å². The molecule has 0 saturated carbocycles. The summed E-state index contributed by atoms with van der Waals surface area (Å²) in [6.45, 7) is 1.34. The molecule has 1 unspecified atom stereocenters. The van der Waals surface area contributed by atoms with Crippen molar-refractivity contribution in [1.82, 2.24) is 0 Å². The fraction of sp³-hybridized carbons (Fsp3) is 0.200. The minimum absolute atomic E-state index is 0.214. The highest BCUT2D eigenvalue weighted by Gasteiger charge is 2.13. The Morgan fingerprint density at radius 3 is 2.53 bits per heavy atom. The lowest BCUT2D eigenvalue weighted by Crippen LogP contribution is -2.26. The van der Waals surface area contributed by atoms with Crippen molar-refractivity contribution >= 4 is 17.5 Å². The topological polar surface area (TPSA) is 92.4 Å². The smallest absolute Gasteiger partial charge is 0.252 e. The number of anilines is 1. The van der Waals surface area contributed by atoms with Crippen LogP contribution in [0, 0.1) is 0 Å². The summed E-state index contributed by atoms with van der Waals surface area (Å²) in [5, 5.41) is 11.4. The van der Waals surface area contributed by atoms with E-state index in [0.717, 1.165) is 0 Å². The molecule has 0 bridgehead atoms. The van der Waals surface area contributed by atoms with Gasteiger partial charge in [0, 0.05) is 0 Å². The second-order valence-electron chi connectivity index (χ2n) is 3.08. The number of aliphatic hydroxyl groups excluding tert-OH is 1. The average molecular weight is 208 g/mol. The number of primary amides is 1. The number of hydrogen-bond donors (Lipinski definition) is 3. The lowest BCUT2D eigenvalue weighted by atomic mass is 10.1. The van der Waals surface area contributed by atoms with Gasteiger partial charge in [0.25, 0.3) is 11.8 Å². The quantitative estimate of drug-likeness (QED) is 0.658. The number of hydrogen-bond acceptors (Lipinski definition) is 3. The van der Waals surface area contributed by atoms with Gasteiger partial charge in [0.2, 0.25) is 0 Å². The standard InChI is InChI=1S/C10H12N2O3/c1-6(13)10(15)12-8-5-3-2-4-7(8)9(11)14/h2-6,13H,1H3,(H2,11,14)(H,12,15). The molecule has 0 saturated heterocycles. The average Bonchev–Trinajstić information content (AvgIpc) is 2.18. The maximum atomic E-state index is 11.2. The molecule has 0 radical (unpaired) electrons. The molecular formula is C10H12N2O3. The molecule has 0 fully saturated rings. The number of carbonyl (C=O) groups excluding carboxylic acids is 2. The Morgan fingerprint density at radius 1 is 1.40 bits per heavy atom. The summed E-state index contributed by atoms with van der Waals surface area (Å²) in [7, 11) is 0. The summed E-state index contributed by atoms with van der Waals surface area (Å²) in [4.78, 5) is 22.2. The summed E-state index contributed by atoms with van der Waals surface area (Å²) in [5.74, 6) is -1.21. The number of rotatable bonds is 3. The van der Waals surface area contributed by atoms with E-state index in [1.165, 1.54) is 13.0 Å². The van der Waals surface area contributed by atoms with Gasteiger partial charge in [0.05, 0.1) is 11.3 Å². The number of aliphatic hydroxyl groups is 1. The van der Waals surface area contributed by atoms with Crippen molar-refractivity contribution in [3.05, 3.63) is 29.8 Å². The van der Waals surface area contributed by atoms with Crippen molar-refractivity contribution in [1.29, 1.82) is 0 Å². The van der Waals surface area contributed by atoms with Crippen LogP contribution in [-0.2, 0) is 4.79 Å². The molecular weight excluding hydrogens is 196 g/mol. The van der Waals surface area contributed by atoms with E-state index in [1.54, 1.807) is 18.2 Å². The number of nitrogens with one attached hydrogen (secondary N) is 1. The molecule has 2 amide bonds. The SMILES string of the molecule is CC(O)C(=O)Nc1ccccc1C(N)=O. The summed E-state index contributed by atoms with van der Waals surface area (Å²) < 4.78 is 0. The molecule has 5 nitrogen and oxygen atoms in total. The van der Waals surface area contributed by atoms with Gasteiger partial charge in [-0.25, -0.2) is 0 Å². The Kier molecular flexibility index (Phi) is 3.41. The Balaban J connectivity index is 2.94. The van der Waals surface area contributed by atoms with Crippen LogP contribution in [0.1, 0.15) is 17.3 Å². The van der Waals surface area contributed by atoms with E-state index < -0.39 is 17.9 Å². The number of para-hydroxylation sites is 1. The Morgan fingerprint density at radius 2 is 2.00 bits per heavy atom. The molecule has 0 aliphatic rings. The van der Waals surface area contributed by atoms with Crippen LogP contribution in [0.25, 0.3) is 0 Å². The van der Waals surface area contributed by atoms with E-state index >= 15 is 0 Å². The van der Waals surface area contributed by atoms with Crippen LogP contribution >= 0.6 is 0 Å². The first-order valence-corrected chi connectivity index (χ1v) is 4.40. The summed E-state index contributed by atoms with van der Waals surface area (Å²) in [6.07, 6.45) is -1.13. The zero-order valence-corrected chi connectivity index (χ0v) is 8.23. The van der Waals surface area contributed by atoms with E-state index in [0.29, 0.717) is 5.69 Å². The first kappa shape index (κ1) is 11.2. The monoisotopic (exact) mass is 208 g/mol. The minimum Gasteiger partial charge on any atom is -0.384 e. The first-order valence-electron chi connectivity index (χ1n) is 4.40. The minimum atomic E-state index is -1.13. The third-order valence-corrected chi connectivity index (χ3v) is 1.83. The molecule has 80 valence electrons. The van der Waals surface area contributed by atoms with Gasteiger partial charge >= 0.3 is 0 Å². The Bertz CT molecular complexity index is 388. The van der Waals surface area contributed by atoms with Crippen LogP contribution in [0.3, 0.4) is 0 Å². The summed E-state index contributed by atoms with van der Waals surface area (Å²) in [6, 6.07) is 6.34. The van der Waals surface area contributed by atoms with E-state index in [2.05, 4.69) is 5.32 Å². The molecule has 4 N–H and O–H groups in total. The van der Waals surface area contributed by atoms with Crippen molar-refractivity contribution in [3.63, 3.8) is 0 Å². The number of nitrogens with two attached hydrogens (primary N) is 1. The molecule has 5 heteroatoms. The first-order chi connectivity index (χ1) is 7.02. The number of benzene rings is 1. The van der Waals surface area contributed by atoms with Gasteiger partial charge in [-0.2, -0.15) is 0 Å². The molecule has 1 aromatic carbocycles. The normalized spacial score (nSPS) is 11.9. The molecule has 0 aliphatic heterocycles. The molecule has 0 heterocycles. The van der Waals surface area contributed by atoms with E-state index in [9.17, 15) is 9.59 Å². The second-order valence-corrected chi connectivity index (χ2v) is 3.08. The molecule has 0 aliphatic carbocycles. The van der Waals surface area contributed by atoms with Crippen molar-refractivity contribution in [3.8, 4) is 0 Å². The number of amides is 2. The largest absolute Gasteiger partial charge is 0.384 e. The molecule has 1 atom stereocenters. The van der Waals surface area contributed by atoms with Gasteiger partial charge < -0.3 is 16.2 Å². The van der Waals surface area contributed by atoms with Gasteiger partial charge in [-0.1, -0.05) is 12.1 Å². The van der Waals surface area contributed by atoms with Gasteiger partial charge in [0.1, 0.15) is 6.10 Å². The second kappa shape index (κ2) is 4.56. The lowest BCUT2D eigenvalue weighted by Gasteiger charge is -2.09. The van der Waals surface area contributed by atoms with Gasteiger partial charge in [-0.15, -0.1) is 0 Å². The summed E-state index contributed by atoms with van der Waals surface area (Å²) >= 11 is 0. The van der Waals surface area contributed by atoms with Gasteiger partial charge in [-0.05, 0) is 19.1 Å². The van der Waals surface area contributed by atoms with Crippen LogP contribution in [0.4, 0.5) is 5.69 Å². The highest BCUT2D eigenvalue weighted by atomic mass is 16.3. The van der Waals surface area contributed by atoms with E-state index in [-0.39, 0.29) is 5.56 Å². The zero-order valence-electron chi connectivity index (χ0n) is 8.23. The third kappa shape index (κ3) is 2.78. The maximum absolute atomic E-state index is 11.2. The van der Waals surface area contributed by atoms with Crippen LogP contribution in [0.2, 0.25) is 0 Å². The molecule has 0 spiro atoms. The van der Waals surface area contributed by atoms with Crippen molar-refractivity contribution in [2.75, 3.05) is 5.32 Å². The number of carbonyl (C=O) groups is 2. The highest BCUT2D eigenvalue weighted by Crippen LogP contribution is 2.14. The van der Waals surface area contributed by atoms with E-state index in [1.807, 2.05) is 0 Å². The highest BCUT2D eigenvalue weighted by molar-refractivity contribution is 6.03. The van der Waals surface area contributed by atoms with Gasteiger partial charge in [-0.3, -0.25) is 9.59 Å². The van der Waals surface area contributed by atoms with Crippen molar-refractivity contribution in [2.24, 2.45) is 5.73 Å². The molecule has 1 rings (SSSR count). The molecule has 0 aromatic heterocycles. The Labute approximate surface area is 86.9 Å². The van der Waals surface area contributed by atoms with Crippen molar-refractivity contribution in [2.45, 2.75) is 13.0 Å². The third-order valence-electron chi connectivity index (χ3n) is 1.83. The fourth-order valence-electron chi connectivity index (χ4n) is 1.04. The predicted molar refractivity (Wildman–Crippen MR) is 55.3 cm³/mol. The lowest BCUT2D eigenvalue weighted by molar-refractivity contribution is -0.123. The Hall–Kier alpha value is -1.88. The molecule has 1 aromatic rings. The zero-order chi connectivity index (χ0) is 11.4. The van der Waals surface area contributed by atoms with Crippen LogP contribution in [-0.4, -0.2) is 23.0 Å². The fourth-order valence-corrected chi connectivity index (χ4v) is 1.04. The van der Waals surface area contributed by atoms with Gasteiger partial charge in [0.15, 0.2) is 0 Å². The van der Waals surface area contributed by atoms with Crippen LogP contribution in [0.15, 0.2) is 24.3 Å². The van der Waals surface area contributed by atoms with E-state index in [4.69, 9.17) is 10.8 Å². The molecule has 15 heavy (non-hydrogen) atoms. The maximum Gasteiger partial charge on any atom is 0.252 e. The van der Waals surface area contributed by atoms with Crippen molar-refractivity contribution < 1.29 is 14.7 Å². The van der Waals surface area contributed by atoms with Crippen LogP contribution < -0.4 is 11.1 Å². The summed E-state index contributed by atoms with van der Waals surface area (Å²) in [5.41, 5.74) is 5.63.